The predicted molar refractivity (Wildman–Crippen MR) is 82.7 cm³/mol. The van der Waals surface area contributed by atoms with E-state index in [0.717, 1.165) is 16.7 Å². The second-order valence-electron chi connectivity index (χ2n) is 5.25. The molecule has 110 valence electrons. The van der Waals surface area contributed by atoms with Crippen molar-refractivity contribution in [2.45, 2.75) is 19.5 Å². The summed E-state index contributed by atoms with van der Waals surface area (Å²) in [5.41, 5.74) is 8.83. The molecule has 2 aromatic carbocycles. The van der Waals surface area contributed by atoms with E-state index in [1.807, 2.05) is 37.3 Å². The summed E-state index contributed by atoms with van der Waals surface area (Å²) in [4.78, 5) is 13.9. The van der Waals surface area contributed by atoms with E-state index in [-0.39, 0.29) is 11.7 Å². The van der Waals surface area contributed by atoms with Crippen LogP contribution >= 0.6 is 0 Å². The fourth-order valence-corrected chi connectivity index (χ4v) is 2.16. The van der Waals surface area contributed by atoms with Gasteiger partial charge in [0.25, 0.3) is 0 Å². The lowest BCUT2D eigenvalue weighted by atomic mass is 10.0. The van der Waals surface area contributed by atoms with Gasteiger partial charge in [-0.15, -0.1) is 0 Å². The molecule has 21 heavy (non-hydrogen) atoms. The van der Waals surface area contributed by atoms with Crippen LogP contribution < -0.4 is 5.73 Å². The van der Waals surface area contributed by atoms with Gasteiger partial charge in [-0.1, -0.05) is 42.0 Å². The Morgan fingerprint density at radius 3 is 2.52 bits per heavy atom. The quantitative estimate of drug-likeness (QED) is 0.905. The van der Waals surface area contributed by atoms with Crippen LogP contribution in [-0.4, -0.2) is 23.0 Å². The van der Waals surface area contributed by atoms with E-state index < -0.39 is 6.04 Å². The molecule has 0 heterocycles. The van der Waals surface area contributed by atoms with Crippen LogP contribution in [0.4, 0.5) is 0 Å². The number of hydrogen-bond donors (Lipinski definition) is 2. The Balaban J connectivity index is 2.06. The minimum Gasteiger partial charge on any atom is -0.508 e. The lowest BCUT2D eigenvalue weighted by Crippen LogP contribution is -2.35. The van der Waals surface area contributed by atoms with Gasteiger partial charge in [0.15, 0.2) is 0 Å². The summed E-state index contributed by atoms with van der Waals surface area (Å²) in [7, 11) is 1.71. The van der Waals surface area contributed by atoms with Gasteiger partial charge in [-0.3, -0.25) is 4.79 Å². The van der Waals surface area contributed by atoms with Crippen molar-refractivity contribution in [2.24, 2.45) is 5.73 Å². The van der Waals surface area contributed by atoms with Gasteiger partial charge in [-0.2, -0.15) is 0 Å². The zero-order valence-electron chi connectivity index (χ0n) is 12.3. The third-order valence-electron chi connectivity index (χ3n) is 3.41. The molecule has 3 N–H and O–H groups in total. The number of benzene rings is 2. The fourth-order valence-electron chi connectivity index (χ4n) is 2.16. The lowest BCUT2D eigenvalue weighted by Gasteiger charge is -2.22. The van der Waals surface area contributed by atoms with Gasteiger partial charge in [-0.05, 0) is 30.2 Å². The lowest BCUT2D eigenvalue weighted by molar-refractivity contribution is -0.131. The summed E-state index contributed by atoms with van der Waals surface area (Å²) < 4.78 is 0. The fraction of sp³-hybridized carbons (Fsp3) is 0.235. The molecular formula is C17H20N2O2. The average Bonchev–Trinajstić information content (AvgIpc) is 2.46. The van der Waals surface area contributed by atoms with Crippen LogP contribution in [0, 0.1) is 6.92 Å². The molecule has 0 saturated heterocycles. The van der Waals surface area contributed by atoms with E-state index in [1.165, 1.54) is 0 Å². The van der Waals surface area contributed by atoms with Gasteiger partial charge < -0.3 is 15.7 Å². The molecule has 1 unspecified atom stereocenters. The van der Waals surface area contributed by atoms with Gasteiger partial charge in [0.05, 0.1) is 0 Å². The molecule has 1 atom stereocenters. The number of phenolic OH excluding ortho intramolecular Hbond substituents is 1. The molecule has 4 nitrogen and oxygen atoms in total. The molecular weight excluding hydrogens is 264 g/mol. The van der Waals surface area contributed by atoms with Crippen LogP contribution in [0.1, 0.15) is 22.7 Å². The zero-order valence-corrected chi connectivity index (χ0v) is 12.3. The van der Waals surface area contributed by atoms with Crippen molar-refractivity contribution in [1.29, 1.82) is 0 Å². The topological polar surface area (TPSA) is 66.6 Å². The minimum atomic E-state index is -0.673. The number of aryl methyl sites for hydroxylation is 1. The number of carbonyl (C=O) groups is 1. The highest BCUT2D eigenvalue weighted by Gasteiger charge is 2.19. The number of amides is 1. The number of hydrogen-bond acceptors (Lipinski definition) is 3. The molecule has 0 aliphatic heterocycles. The maximum atomic E-state index is 12.4. The number of aromatic hydroxyl groups is 1. The first-order valence-electron chi connectivity index (χ1n) is 6.82. The van der Waals surface area contributed by atoms with Crippen LogP contribution in [0.2, 0.25) is 0 Å². The molecule has 4 heteroatoms. The Bertz CT molecular complexity index is 623. The molecule has 0 spiro atoms. The summed E-state index contributed by atoms with van der Waals surface area (Å²) in [5.74, 6) is 0.0402. The maximum Gasteiger partial charge on any atom is 0.244 e. The zero-order chi connectivity index (χ0) is 15.4. The molecule has 2 aromatic rings. The molecule has 1 amide bonds. The number of carbonyl (C=O) groups excluding carboxylic acids is 1. The Labute approximate surface area is 124 Å². The van der Waals surface area contributed by atoms with E-state index in [1.54, 1.807) is 30.1 Å². The summed E-state index contributed by atoms with van der Waals surface area (Å²) in [5, 5.41) is 9.45. The van der Waals surface area contributed by atoms with Crippen LogP contribution in [0.15, 0.2) is 48.5 Å². The van der Waals surface area contributed by atoms with Crippen molar-refractivity contribution >= 4 is 5.91 Å². The first kappa shape index (κ1) is 15.1. The number of rotatable bonds is 4. The van der Waals surface area contributed by atoms with Gasteiger partial charge in [-0.25, -0.2) is 0 Å². The highest BCUT2D eigenvalue weighted by molar-refractivity contribution is 5.82. The monoisotopic (exact) mass is 284 g/mol. The molecule has 0 saturated carbocycles. The maximum absolute atomic E-state index is 12.4. The number of nitrogens with two attached hydrogens (primary N) is 1. The van der Waals surface area contributed by atoms with Crippen molar-refractivity contribution < 1.29 is 9.90 Å². The normalized spacial score (nSPS) is 12.0. The Morgan fingerprint density at radius 2 is 1.90 bits per heavy atom. The van der Waals surface area contributed by atoms with Gasteiger partial charge in [0.1, 0.15) is 11.8 Å². The third kappa shape index (κ3) is 3.83. The van der Waals surface area contributed by atoms with Crippen LogP contribution in [-0.2, 0) is 11.3 Å². The van der Waals surface area contributed by atoms with Crippen LogP contribution in [0.5, 0.6) is 5.75 Å². The molecule has 0 fully saturated rings. The second-order valence-corrected chi connectivity index (χ2v) is 5.25. The predicted octanol–water partition coefficient (Wildman–Crippen LogP) is 2.36. The second kappa shape index (κ2) is 6.41. The Hall–Kier alpha value is -2.33. The number of phenols is 1. The van der Waals surface area contributed by atoms with E-state index in [0.29, 0.717) is 6.54 Å². The summed E-state index contributed by atoms with van der Waals surface area (Å²) in [6.07, 6.45) is 0. The first-order chi connectivity index (χ1) is 9.97. The highest BCUT2D eigenvalue weighted by atomic mass is 16.3. The average molecular weight is 284 g/mol. The minimum absolute atomic E-state index is 0.151. The number of nitrogens with zero attached hydrogens (tertiary/aromatic N) is 1. The summed E-state index contributed by atoms with van der Waals surface area (Å²) in [6.45, 7) is 2.40. The Kier molecular flexibility index (Phi) is 4.60. The van der Waals surface area contributed by atoms with E-state index in [9.17, 15) is 9.90 Å². The van der Waals surface area contributed by atoms with Crippen molar-refractivity contribution in [3.05, 3.63) is 65.2 Å². The van der Waals surface area contributed by atoms with Crippen LogP contribution in [0.3, 0.4) is 0 Å². The molecule has 0 aliphatic rings. The SMILES string of the molecule is Cc1ccc(C(N)C(=O)N(C)Cc2cccc(O)c2)cc1. The molecule has 0 bridgehead atoms. The van der Waals surface area contributed by atoms with Gasteiger partial charge in [0, 0.05) is 13.6 Å². The Morgan fingerprint density at radius 1 is 1.24 bits per heavy atom. The standard InChI is InChI=1S/C17H20N2O2/c1-12-6-8-14(9-7-12)16(18)17(21)19(2)11-13-4-3-5-15(20)10-13/h3-10,16,20H,11,18H2,1-2H3. The highest BCUT2D eigenvalue weighted by Crippen LogP contribution is 2.17. The molecule has 0 radical (unpaired) electrons. The van der Waals surface area contributed by atoms with E-state index >= 15 is 0 Å². The molecule has 0 aromatic heterocycles. The van der Waals surface area contributed by atoms with Crippen molar-refractivity contribution in [3.8, 4) is 5.75 Å². The van der Waals surface area contributed by atoms with Crippen LogP contribution in [0.25, 0.3) is 0 Å². The van der Waals surface area contributed by atoms with Crippen molar-refractivity contribution in [2.75, 3.05) is 7.05 Å². The summed E-state index contributed by atoms with van der Waals surface area (Å²) >= 11 is 0. The largest absolute Gasteiger partial charge is 0.508 e. The van der Waals surface area contributed by atoms with Gasteiger partial charge >= 0.3 is 0 Å². The van der Waals surface area contributed by atoms with E-state index in [2.05, 4.69) is 0 Å². The molecule has 2 rings (SSSR count). The summed E-state index contributed by atoms with van der Waals surface area (Å²) in [6, 6.07) is 13.8. The number of likely N-dealkylation sites (N-methyl/N-ethyl adjacent to an activating group) is 1. The van der Waals surface area contributed by atoms with Crippen molar-refractivity contribution in [1.82, 2.24) is 4.90 Å². The third-order valence-corrected chi connectivity index (χ3v) is 3.41. The first-order valence-corrected chi connectivity index (χ1v) is 6.82. The smallest absolute Gasteiger partial charge is 0.244 e. The molecule has 0 aliphatic carbocycles. The van der Waals surface area contributed by atoms with Gasteiger partial charge in [0.2, 0.25) is 5.91 Å². The van der Waals surface area contributed by atoms with E-state index in [4.69, 9.17) is 5.73 Å². The van der Waals surface area contributed by atoms with Crippen molar-refractivity contribution in [3.63, 3.8) is 0 Å².